The zero-order chi connectivity index (χ0) is 11.3. The number of hydrogen-bond acceptors (Lipinski definition) is 5. The number of aryl methyl sites for hydroxylation is 1. The standard InChI is InChI=1S/C10H11NO4/c1-7-3-4-8(5-9(7)14-2)6-10(12)15-11-13/h3-5H,6H2,1-2H3. The van der Waals surface area contributed by atoms with Gasteiger partial charge in [0.05, 0.1) is 13.5 Å². The van der Waals surface area contributed by atoms with Crippen LogP contribution in [-0.4, -0.2) is 13.1 Å². The average Bonchev–Trinajstić information content (AvgIpc) is 2.21. The van der Waals surface area contributed by atoms with Crippen LogP contribution in [0.4, 0.5) is 0 Å². The van der Waals surface area contributed by atoms with E-state index in [0.29, 0.717) is 11.3 Å². The molecule has 0 spiro atoms. The number of ether oxygens (including phenoxy) is 1. The molecule has 5 nitrogen and oxygen atoms in total. The highest BCUT2D eigenvalue weighted by atomic mass is 16.7. The molecule has 0 radical (unpaired) electrons. The maximum absolute atomic E-state index is 10.9. The van der Waals surface area contributed by atoms with Crippen molar-refractivity contribution >= 4 is 5.97 Å². The fourth-order valence-corrected chi connectivity index (χ4v) is 1.21. The number of methoxy groups -OCH3 is 1. The molecule has 0 aliphatic rings. The SMILES string of the molecule is COc1cc(CC(=O)ON=O)ccc1C. The van der Waals surface area contributed by atoms with Gasteiger partial charge in [0.25, 0.3) is 0 Å². The van der Waals surface area contributed by atoms with Crippen LogP contribution in [0, 0.1) is 11.8 Å². The monoisotopic (exact) mass is 209 g/mol. The average molecular weight is 209 g/mol. The van der Waals surface area contributed by atoms with E-state index in [-0.39, 0.29) is 6.42 Å². The van der Waals surface area contributed by atoms with Gasteiger partial charge in [-0.15, -0.1) is 4.91 Å². The van der Waals surface area contributed by atoms with Crippen molar-refractivity contribution in [3.63, 3.8) is 0 Å². The normalized spacial score (nSPS) is 9.47. The maximum Gasteiger partial charge on any atom is 0.342 e. The van der Waals surface area contributed by atoms with E-state index in [0.717, 1.165) is 5.56 Å². The van der Waals surface area contributed by atoms with Crippen LogP contribution < -0.4 is 4.74 Å². The van der Waals surface area contributed by atoms with E-state index < -0.39 is 5.97 Å². The smallest absolute Gasteiger partial charge is 0.342 e. The van der Waals surface area contributed by atoms with Crippen molar-refractivity contribution in [1.29, 1.82) is 0 Å². The molecular weight excluding hydrogens is 198 g/mol. The Morgan fingerprint density at radius 3 is 2.80 bits per heavy atom. The second-order valence-electron chi connectivity index (χ2n) is 3.02. The van der Waals surface area contributed by atoms with E-state index in [2.05, 4.69) is 10.2 Å². The minimum absolute atomic E-state index is 0.00236. The molecule has 80 valence electrons. The first kappa shape index (κ1) is 11.2. The van der Waals surface area contributed by atoms with Gasteiger partial charge in [-0.05, 0) is 24.1 Å². The van der Waals surface area contributed by atoms with Gasteiger partial charge in [-0.25, -0.2) is 4.79 Å². The van der Waals surface area contributed by atoms with Crippen molar-refractivity contribution in [1.82, 2.24) is 0 Å². The number of rotatable bonds is 4. The van der Waals surface area contributed by atoms with E-state index in [4.69, 9.17) is 4.74 Å². The fraction of sp³-hybridized carbons (Fsp3) is 0.300. The highest BCUT2D eigenvalue weighted by Crippen LogP contribution is 2.19. The molecule has 0 aliphatic carbocycles. The molecule has 0 fully saturated rings. The predicted molar refractivity (Wildman–Crippen MR) is 53.3 cm³/mol. The number of hydrogen-bond donors (Lipinski definition) is 0. The summed E-state index contributed by atoms with van der Waals surface area (Å²) in [4.78, 5) is 24.5. The molecule has 15 heavy (non-hydrogen) atoms. The molecule has 0 N–H and O–H groups in total. The summed E-state index contributed by atoms with van der Waals surface area (Å²) in [7, 11) is 1.55. The summed E-state index contributed by atoms with van der Waals surface area (Å²) in [5, 5.41) is 2.06. The minimum Gasteiger partial charge on any atom is -0.496 e. The Morgan fingerprint density at radius 2 is 2.20 bits per heavy atom. The van der Waals surface area contributed by atoms with Gasteiger partial charge < -0.3 is 4.74 Å². The third kappa shape index (κ3) is 3.05. The first-order valence-electron chi connectivity index (χ1n) is 4.33. The number of benzene rings is 1. The fourth-order valence-electron chi connectivity index (χ4n) is 1.21. The van der Waals surface area contributed by atoms with Gasteiger partial charge in [0, 0.05) is 0 Å². The molecule has 0 aliphatic heterocycles. The van der Waals surface area contributed by atoms with Gasteiger partial charge in [-0.1, -0.05) is 12.1 Å². The molecule has 1 rings (SSSR count). The molecule has 0 unspecified atom stereocenters. The van der Waals surface area contributed by atoms with Gasteiger partial charge in [-0.3, -0.25) is 4.84 Å². The zero-order valence-electron chi connectivity index (χ0n) is 8.52. The number of carbonyl (C=O) groups excluding carboxylic acids is 1. The van der Waals surface area contributed by atoms with Crippen molar-refractivity contribution in [2.24, 2.45) is 5.34 Å². The predicted octanol–water partition coefficient (Wildman–Crippen LogP) is 1.77. The lowest BCUT2D eigenvalue weighted by Gasteiger charge is -2.06. The van der Waals surface area contributed by atoms with Crippen molar-refractivity contribution in [3.05, 3.63) is 34.2 Å². The molecule has 0 saturated heterocycles. The maximum atomic E-state index is 10.9. The lowest BCUT2D eigenvalue weighted by Crippen LogP contribution is -2.04. The summed E-state index contributed by atoms with van der Waals surface area (Å²) in [6.07, 6.45) is 0.00236. The summed E-state index contributed by atoms with van der Waals surface area (Å²) in [6, 6.07) is 5.32. The van der Waals surface area contributed by atoms with Crippen LogP contribution in [-0.2, 0) is 16.1 Å². The van der Waals surface area contributed by atoms with Crippen LogP contribution in [0.15, 0.2) is 23.5 Å². The van der Waals surface area contributed by atoms with Gasteiger partial charge in [-0.2, -0.15) is 0 Å². The van der Waals surface area contributed by atoms with Crippen molar-refractivity contribution in [2.75, 3.05) is 7.11 Å². The molecule has 1 aromatic rings. The first-order chi connectivity index (χ1) is 7.17. The Labute approximate surface area is 86.9 Å². The Bertz CT molecular complexity index is 376. The van der Waals surface area contributed by atoms with Gasteiger partial charge in [0.2, 0.25) is 0 Å². The summed E-state index contributed by atoms with van der Waals surface area (Å²) >= 11 is 0. The lowest BCUT2D eigenvalue weighted by atomic mass is 10.1. The molecule has 0 saturated carbocycles. The molecule has 0 amide bonds. The van der Waals surface area contributed by atoms with Crippen molar-refractivity contribution in [2.45, 2.75) is 13.3 Å². The second-order valence-corrected chi connectivity index (χ2v) is 3.02. The van der Waals surface area contributed by atoms with E-state index >= 15 is 0 Å². The highest BCUT2D eigenvalue weighted by molar-refractivity contribution is 5.72. The first-order valence-corrected chi connectivity index (χ1v) is 4.33. The van der Waals surface area contributed by atoms with E-state index in [1.807, 2.05) is 13.0 Å². The van der Waals surface area contributed by atoms with Gasteiger partial charge in [0.15, 0.2) is 5.34 Å². The van der Waals surface area contributed by atoms with Crippen LogP contribution in [0.3, 0.4) is 0 Å². The molecule has 5 heteroatoms. The highest BCUT2D eigenvalue weighted by Gasteiger charge is 2.07. The molecule has 0 bridgehead atoms. The topological polar surface area (TPSA) is 65.0 Å². The lowest BCUT2D eigenvalue weighted by molar-refractivity contribution is -0.143. The zero-order valence-corrected chi connectivity index (χ0v) is 8.52. The van der Waals surface area contributed by atoms with Gasteiger partial charge in [0.1, 0.15) is 5.75 Å². The van der Waals surface area contributed by atoms with Crippen molar-refractivity contribution < 1.29 is 14.4 Å². The molecule has 0 heterocycles. The summed E-state index contributed by atoms with van der Waals surface area (Å²) < 4.78 is 5.09. The third-order valence-electron chi connectivity index (χ3n) is 1.96. The molecule has 0 atom stereocenters. The molecular formula is C10H11NO4. The van der Waals surface area contributed by atoms with E-state index in [9.17, 15) is 9.70 Å². The summed E-state index contributed by atoms with van der Waals surface area (Å²) in [6.45, 7) is 1.90. The van der Waals surface area contributed by atoms with Crippen LogP contribution >= 0.6 is 0 Å². The van der Waals surface area contributed by atoms with Crippen LogP contribution in [0.5, 0.6) is 5.75 Å². The second kappa shape index (κ2) is 5.09. The Balaban J connectivity index is 2.78. The summed E-state index contributed by atoms with van der Waals surface area (Å²) in [5.41, 5.74) is 1.69. The Kier molecular flexibility index (Phi) is 3.79. The number of nitrogens with zero attached hydrogens (tertiary/aromatic N) is 1. The van der Waals surface area contributed by atoms with Crippen molar-refractivity contribution in [3.8, 4) is 5.75 Å². The molecule has 1 aromatic carbocycles. The largest absolute Gasteiger partial charge is 0.496 e. The van der Waals surface area contributed by atoms with E-state index in [1.165, 1.54) is 0 Å². The number of carbonyl (C=O) groups is 1. The molecule has 0 aromatic heterocycles. The van der Waals surface area contributed by atoms with Gasteiger partial charge >= 0.3 is 5.97 Å². The quantitative estimate of drug-likeness (QED) is 0.560. The Morgan fingerprint density at radius 1 is 1.47 bits per heavy atom. The third-order valence-corrected chi connectivity index (χ3v) is 1.96. The van der Waals surface area contributed by atoms with Crippen LogP contribution in [0.1, 0.15) is 11.1 Å². The summed E-state index contributed by atoms with van der Waals surface area (Å²) in [5.74, 6) is 0.00951. The van der Waals surface area contributed by atoms with Crippen LogP contribution in [0.25, 0.3) is 0 Å². The van der Waals surface area contributed by atoms with Crippen LogP contribution in [0.2, 0.25) is 0 Å². The van der Waals surface area contributed by atoms with E-state index in [1.54, 1.807) is 19.2 Å². The minimum atomic E-state index is -0.684. The Hall–Kier alpha value is -1.91.